The average Bonchev–Trinajstić information content (AvgIpc) is 2.46. The molecule has 0 aliphatic rings. The minimum atomic E-state index is 0.157. The van der Waals surface area contributed by atoms with Crippen molar-refractivity contribution in [3.8, 4) is 0 Å². The second-order valence-corrected chi connectivity index (χ2v) is 5.89. The van der Waals surface area contributed by atoms with Crippen molar-refractivity contribution >= 4 is 22.6 Å². The molecule has 1 unspecified atom stereocenters. The molecule has 1 atom stereocenters. The lowest BCUT2D eigenvalue weighted by atomic mass is 9.98. The van der Waals surface area contributed by atoms with E-state index in [1.807, 2.05) is 0 Å². The summed E-state index contributed by atoms with van der Waals surface area (Å²) in [6, 6.07) is 17.4. The molecule has 0 saturated carbocycles. The molecule has 0 aliphatic heterocycles. The molecule has 0 aliphatic carbocycles. The van der Waals surface area contributed by atoms with Crippen molar-refractivity contribution in [3.63, 3.8) is 0 Å². The quantitative estimate of drug-likeness (QED) is 0.482. The molecule has 2 rings (SSSR count). The normalized spacial score (nSPS) is 12.4. The number of benzene rings is 2. The second kappa shape index (κ2) is 7.03. The molecule has 0 radical (unpaired) electrons. The van der Waals surface area contributed by atoms with Crippen LogP contribution in [0.15, 0.2) is 48.5 Å². The Morgan fingerprint density at radius 2 is 1.58 bits per heavy atom. The van der Waals surface area contributed by atoms with Crippen LogP contribution in [-0.2, 0) is 12.8 Å². The van der Waals surface area contributed by atoms with Gasteiger partial charge in [-0.3, -0.25) is 11.3 Å². The predicted molar refractivity (Wildman–Crippen MR) is 88.7 cm³/mol. The molecule has 0 amide bonds. The summed E-state index contributed by atoms with van der Waals surface area (Å²) in [7, 11) is 0. The molecule has 0 bridgehead atoms. The minimum Gasteiger partial charge on any atom is -0.271 e. The van der Waals surface area contributed by atoms with Crippen molar-refractivity contribution in [2.45, 2.75) is 25.8 Å². The topological polar surface area (TPSA) is 38.0 Å². The van der Waals surface area contributed by atoms with Crippen LogP contribution in [0.25, 0.3) is 0 Å². The number of hydrogen-bond acceptors (Lipinski definition) is 2. The Bertz CT molecular complexity index is 505. The van der Waals surface area contributed by atoms with E-state index >= 15 is 0 Å². The fourth-order valence-corrected chi connectivity index (χ4v) is 2.47. The fraction of sp³-hybridized carbons (Fsp3) is 0.250. The van der Waals surface area contributed by atoms with Crippen LogP contribution in [0.4, 0.5) is 0 Å². The van der Waals surface area contributed by atoms with Crippen molar-refractivity contribution in [2.75, 3.05) is 0 Å². The maximum atomic E-state index is 5.69. The molecule has 0 saturated heterocycles. The van der Waals surface area contributed by atoms with E-state index in [9.17, 15) is 0 Å². The molecular formula is C16H19IN2. The molecule has 0 heterocycles. The maximum Gasteiger partial charge on any atom is 0.0500 e. The van der Waals surface area contributed by atoms with E-state index < -0.39 is 0 Å². The number of aryl methyl sites for hydroxylation is 1. The van der Waals surface area contributed by atoms with Gasteiger partial charge in [-0.25, -0.2) is 0 Å². The van der Waals surface area contributed by atoms with Gasteiger partial charge in [0.05, 0.1) is 0 Å². The van der Waals surface area contributed by atoms with Crippen LogP contribution in [0.1, 0.15) is 29.7 Å². The van der Waals surface area contributed by atoms with Crippen LogP contribution in [-0.4, -0.2) is 0 Å². The van der Waals surface area contributed by atoms with Crippen molar-refractivity contribution < 1.29 is 0 Å². The summed E-state index contributed by atoms with van der Waals surface area (Å²) in [6.07, 6.45) is 1.98. The third-order valence-electron chi connectivity index (χ3n) is 3.34. The summed E-state index contributed by atoms with van der Waals surface area (Å²) in [5, 5.41) is 0. The number of nitrogens with two attached hydrogens (primary N) is 1. The lowest BCUT2D eigenvalue weighted by Crippen LogP contribution is -2.29. The zero-order chi connectivity index (χ0) is 13.7. The fourth-order valence-electron chi connectivity index (χ4n) is 2.11. The monoisotopic (exact) mass is 366 g/mol. The largest absolute Gasteiger partial charge is 0.271 e. The first-order chi connectivity index (χ1) is 9.22. The number of halogens is 1. The van der Waals surface area contributed by atoms with Crippen molar-refractivity contribution in [2.24, 2.45) is 5.84 Å². The van der Waals surface area contributed by atoms with Gasteiger partial charge in [-0.2, -0.15) is 0 Å². The number of hydrogen-bond donors (Lipinski definition) is 2. The lowest BCUT2D eigenvalue weighted by molar-refractivity contribution is 0.552. The number of hydrazine groups is 1. The summed E-state index contributed by atoms with van der Waals surface area (Å²) < 4.78 is 1.24. The Morgan fingerprint density at radius 1 is 1.00 bits per heavy atom. The van der Waals surface area contributed by atoms with Crippen molar-refractivity contribution in [3.05, 3.63) is 68.8 Å². The zero-order valence-electron chi connectivity index (χ0n) is 11.1. The van der Waals surface area contributed by atoms with Gasteiger partial charge < -0.3 is 0 Å². The Kier molecular flexibility index (Phi) is 5.36. The first kappa shape index (κ1) is 14.5. The molecule has 3 N–H and O–H groups in total. The van der Waals surface area contributed by atoms with Gasteiger partial charge in [-0.05, 0) is 64.3 Å². The van der Waals surface area contributed by atoms with E-state index in [1.54, 1.807) is 0 Å². The van der Waals surface area contributed by atoms with Gasteiger partial charge in [0, 0.05) is 9.61 Å². The Balaban J connectivity index is 2.11. The summed E-state index contributed by atoms with van der Waals surface area (Å²) in [4.78, 5) is 0. The molecule has 2 nitrogen and oxygen atoms in total. The highest BCUT2D eigenvalue weighted by molar-refractivity contribution is 14.1. The summed E-state index contributed by atoms with van der Waals surface area (Å²) in [5.74, 6) is 5.69. The molecule has 3 heteroatoms. The SMILES string of the molecule is CCc1ccc(CC(NN)c2ccc(I)cc2)cc1. The predicted octanol–water partition coefficient (Wildman–Crippen LogP) is 3.60. The average molecular weight is 366 g/mol. The van der Waals surface area contributed by atoms with Crippen molar-refractivity contribution in [1.82, 2.24) is 5.43 Å². The summed E-state index contributed by atoms with van der Waals surface area (Å²) in [6.45, 7) is 2.17. The molecule has 0 aromatic heterocycles. The third-order valence-corrected chi connectivity index (χ3v) is 4.06. The van der Waals surface area contributed by atoms with Gasteiger partial charge >= 0.3 is 0 Å². The first-order valence-electron chi connectivity index (χ1n) is 6.52. The Hall–Kier alpha value is -0.910. The molecular weight excluding hydrogens is 347 g/mol. The van der Waals surface area contributed by atoms with E-state index in [2.05, 4.69) is 83.5 Å². The highest BCUT2D eigenvalue weighted by atomic mass is 127. The van der Waals surface area contributed by atoms with Crippen molar-refractivity contribution in [1.29, 1.82) is 0 Å². The van der Waals surface area contributed by atoms with Crippen LogP contribution in [0.5, 0.6) is 0 Å². The third kappa shape index (κ3) is 4.03. The Morgan fingerprint density at radius 3 is 2.11 bits per heavy atom. The van der Waals surface area contributed by atoms with E-state index in [0.717, 1.165) is 12.8 Å². The standard InChI is InChI=1S/C16H19IN2/c1-2-12-3-5-13(6-4-12)11-16(19-18)14-7-9-15(17)10-8-14/h3-10,16,19H,2,11,18H2,1H3. The first-order valence-corrected chi connectivity index (χ1v) is 7.60. The molecule has 0 spiro atoms. The van der Waals surface area contributed by atoms with Gasteiger partial charge in [0.25, 0.3) is 0 Å². The van der Waals surface area contributed by atoms with Crippen LogP contribution in [0, 0.1) is 3.57 Å². The van der Waals surface area contributed by atoms with Crippen LogP contribution >= 0.6 is 22.6 Å². The molecule has 2 aromatic carbocycles. The van der Waals surface area contributed by atoms with E-state index in [-0.39, 0.29) is 6.04 Å². The number of rotatable bonds is 5. The minimum absolute atomic E-state index is 0.157. The maximum absolute atomic E-state index is 5.69. The van der Waals surface area contributed by atoms with Gasteiger partial charge in [0.1, 0.15) is 0 Å². The molecule has 100 valence electrons. The van der Waals surface area contributed by atoms with E-state index in [4.69, 9.17) is 5.84 Å². The van der Waals surface area contributed by atoms with Gasteiger partial charge in [-0.1, -0.05) is 43.3 Å². The van der Waals surface area contributed by atoms with Crippen LogP contribution < -0.4 is 11.3 Å². The number of nitrogens with one attached hydrogen (secondary N) is 1. The summed E-state index contributed by atoms with van der Waals surface area (Å²) >= 11 is 2.31. The molecule has 19 heavy (non-hydrogen) atoms. The molecule has 0 fully saturated rings. The molecule has 2 aromatic rings. The smallest absolute Gasteiger partial charge is 0.0500 e. The Labute approximate surface area is 128 Å². The van der Waals surface area contributed by atoms with E-state index in [0.29, 0.717) is 0 Å². The van der Waals surface area contributed by atoms with Gasteiger partial charge in [0.2, 0.25) is 0 Å². The second-order valence-electron chi connectivity index (χ2n) is 4.64. The van der Waals surface area contributed by atoms with Gasteiger partial charge in [0.15, 0.2) is 0 Å². The van der Waals surface area contributed by atoms with Gasteiger partial charge in [-0.15, -0.1) is 0 Å². The zero-order valence-corrected chi connectivity index (χ0v) is 13.2. The lowest BCUT2D eigenvalue weighted by Gasteiger charge is -2.16. The summed E-state index contributed by atoms with van der Waals surface area (Å²) in [5.41, 5.74) is 6.81. The van der Waals surface area contributed by atoms with Crippen LogP contribution in [0.2, 0.25) is 0 Å². The van der Waals surface area contributed by atoms with Crippen LogP contribution in [0.3, 0.4) is 0 Å². The van der Waals surface area contributed by atoms with E-state index in [1.165, 1.54) is 20.3 Å². The highest BCUT2D eigenvalue weighted by Crippen LogP contribution is 2.19. The highest BCUT2D eigenvalue weighted by Gasteiger charge is 2.10.